The van der Waals surface area contributed by atoms with E-state index in [1.54, 1.807) is 37.3 Å². The Morgan fingerprint density at radius 1 is 1.09 bits per heavy atom. The zero-order chi connectivity index (χ0) is 24.1. The van der Waals surface area contributed by atoms with Crippen LogP contribution in [0.4, 0.5) is 4.39 Å². The Balaban J connectivity index is 2.07. The summed E-state index contributed by atoms with van der Waals surface area (Å²) < 4.78 is 26.0. The monoisotopic (exact) mass is 475 g/mol. The molecule has 0 N–H and O–H groups in total. The molecule has 0 unspecified atom stereocenters. The molecule has 33 heavy (non-hydrogen) atoms. The minimum absolute atomic E-state index is 0.0341. The molecule has 1 heterocycles. The molecule has 1 aromatic heterocycles. The minimum atomic E-state index is -0.799. The zero-order valence-electron chi connectivity index (χ0n) is 18.4. The van der Waals surface area contributed by atoms with Gasteiger partial charge >= 0.3 is 17.3 Å². The summed E-state index contributed by atoms with van der Waals surface area (Å²) >= 11 is 5.95. The summed E-state index contributed by atoms with van der Waals surface area (Å²) in [5, 5.41) is 0.537. The molecule has 0 saturated carbocycles. The summed E-state index contributed by atoms with van der Waals surface area (Å²) in [6, 6.07) is 11.2. The largest absolute Gasteiger partial charge is 0.494 e. The number of carbonyl (C=O) groups excluding carboxylic acids is 1. The Kier molecular flexibility index (Phi) is 7.65. The number of nitrogens with zero attached hydrogens (tertiary/aromatic N) is 3. The molecular formula is C23H23ClFN3O5. The lowest BCUT2D eigenvalue weighted by atomic mass is 10.1. The molecule has 0 aliphatic rings. The first-order valence-electron chi connectivity index (χ1n) is 10.1. The molecule has 0 fully saturated rings. The van der Waals surface area contributed by atoms with Crippen molar-refractivity contribution in [1.82, 2.24) is 14.1 Å². The number of rotatable bonds is 8. The molecule has 1 atom stereocenters. The zero-order valence-corrected chi connectivity index (χ0v) is 19.1. The number of hydrogen-bond acceptors (Lipinski definition) is 6. The van der Waals surface area contributed by atoms with E-state index in [1.165, 1.54) is 30.9 Å². The Bertz CT molecular complexity index is 1270. The highest BCUT2D eigenvalue weighted by Crippen LogP contribution is 2.19. The minimum Gasteiger partial charge on any atom is -0.494 e. The summed E-state index contributed by atoms with van der Waals surface area (Å²) in [5.74, 6) is -1.61. The van der Waals surface area contributed by atoms with E-state index in [1.807, 2.05) is 0 Å². The van der Waals surface area contributed by atoms with E-state index in [2.05, 4.69) is 4.98 Å². The number of esters is 1. The van der Waals surface area contributed by atoms with Gasteiger partial charge in [0.2, 0.25) is 0 Å². The van der Waals surface area contributed by atoms with Gasteiger partial charge in [0, 0.05) is 18.0 Å². The van der Waals surface area contributed by atoms with E-state index in [0.29, 0.717) is 10.6 Å². The van der Waals surface area contributed by atoms with Crippen molar-refractivity contribution in [3.05, 3.63) is 91.2 Å². The normalized spacial score (nSPS) is 11.8. The Hall–Kier alpha value is -3.46. The molecular weight excluding hydrogens is 453 g/mol. The van der Waals surface area contributed by atoms with Gasteiger partial charge < -0.3 is 9.47 Å². The molecule has 3 aromatic rings. The second-order valence-corrected chi connectivity index (χ2v) is 7.92. The number of methoxy groups -OCH3 is 2. The van der Waals surface area contributed by atoms with Crippen LogP contribution in [0.3, 0.4) is 0 Å². The van der Waals surface area contributed by atoms with Gasteiger partial charge in [-0.1, -0.05) is 36.7 Å². The van der Waals surface area contributed by atoms with E-state index >= 15 is 0 Å². The maximum atomic E-state index is 14.2. The van der Waals surface area contributed by atoms with Crippen molar-refractivity contribution in [3.63, 3.8) is 0 Å². The van der Waals surface area contributed by atoms with Gasteiger partial charge in [-0.15, -0.1) is 0 Å². The van der Waals surface area contributed by atoms with Crippen LogP contribution in [0.5, 0.6) is 5.75 Å². The maximum Gasteiger partial charge on any atom is 0.353 e. The third-order valence-electron chi connectivity index (χ3n) is 5.12. The first-order chi connectivity index (χ1) is 15.7. The molecule has 0 spiro atoms. The molecule has 3 rings (SSSR count). The van der Waals surface area contributed by atoms with Crippen LogP contribution >= 0.6 is 11.6 Å². The highest BCUT2D eigenvalue weighted by molar-refractivity contribution is 6.30. The second kappa shape index (κ2) is 10.4. The first kappa shape index (κ1) is 24.2. The fourth-order valence-corrected chi connectivity index (χ4v) is 3.47. The predicted molar refractivity (Wildman–Crippen MR) is 120 cm³/mol. The van der Waals surface area contributed by atoms with Gasteiger partial charge in [-0.05, 0) is 35.4 Å². The van der Waals surface area contributed by atoms with Crippen LogP contribution in [0.25, 0.3) is 0 Å². The molecule has 174 valence electrons. The van der Waals surface area contributed by atoms with Crippen molar-refractivity contribution in [2.24, 2.45) is 5.92 Å². The van der Waals surface area contributed by atoms with Crippen molar-refractivity contribution >= 4 is 17.6 Å². The number of ether oxygens (including phenoxy) is 2. The van der Waals surface area contributed by atoms with Gasteiger partial charge in [-0.2, -0.15) is 4.98 Å². The summed E-state index contributed by atoms with van der Waals surface area (Å²) in [4.78, 5) is 41.9. The molecule has 0 bridgehead atoms. The Labute approximate surface area is 194 Å². The number of carbonyl (C=O) groups is 1. The van der Waals surface area contributed by atoms with Gasteiger partial charge in [0.1, 0.15) is 5.82 Å². The van der Waals surface area contributed by atoms with Crippen LogP contribution in [0.1, 0.15) is 23.9 Å². The summed E-state index contributed by atoms with van der Waals surface area (Å²) in [6.07, 6.45) is 0.0341. The van der Waals surface area contributed by atoms with Gasteiger partial charge in [0.15, 0.2) is 11.6 Å². The van der Waals surface area contributed by atoms with Crippen LogP contribution < -0.4 is 16.1 Å². The average Bonchev–Trinajstić information content (AvgIpc) is 2.79. The SMILES string of the molecule is COC(=O)[C@@H](C)Cn1c(=O)nc(Cc2ccc(OC)c(F)c2)n(Cc2ccc(Cl)cc2)c1=O. The van der Waals surface area contributed by atoms with Crippen LogP contribution in [-0.2, 0) is 29.0 Å². The molecule has 0 saturated heterocycles. The molecule has 0 radical (unpaired) electrons. The van der Waals surface area contributed by atoms with Crippen LogP contribution in [0.2, 0.25) is 5.02 Å². The molecule has 0 aliphatic carbocycles. The summed E-state index contributed by atoms with van der Waals surface area (Å²) in [5.41, 5.74) is -0.182. The lowest BCUT2D eigenvalue weighted by Crippen LogP contribution is -2.45. The standard InChI is InChI=1S/C23H23ClFN3O5/c1-14(21(29)33-3)12-28-22(30)26-20(11-16-6-9-19(32-2)18(25)10-16)27(23(28)31)13-15-4-7-17(24)8-5-15/h4-10,14H,11-13H2,1-3H3/t14-/m0/s1. The first-order valence-corrected chi connectivity index (χ1v) is 10.5. The summed E-state index contributed by atoms with van der Waals surface area (Å²) in [6.45, 7) is 1.47. The number of hydrogen-bond donors (Lipinski definition) is 0. The van der Waals surface area contributed by atoms with E-state index < -0.39 is 29.1 Å². The van der Waals surface area contributed by atoms with E-state index in [9.17, 15) is 18.8 Å². The molecule has 2 aromatic carbocycles. The predicted octanol–water partition coefficient (Wildman–Crippen LogP) is 2.65. The average molecular weight is 476 g/mol. The van der Waals surface area contributed by atoms with Gasteiger partial charge in [-0.25, -0.2) is 18.5 Å². The van der Waals surface area contributed by atoms with Gasteiger partial charge in [0.05, 0.1) is 26.7 Å². The smallest absolute Gasteiger partial charge is 0.353 e. The molecule has 10 heteroatoms. The lowest BCUT2D eigenvalue weighted by molar-refractivity contribution is -0.145. The maximum absolute atomic E-state index is 14.2. The fourth-order valence-electron chi connectivity index (χ4n) is 3.34. The van der Waals surface area contributed by atoms with Gasteiger partial charge in [-0.3, -0.25) is 9.36 Å². The van der Waals surface area contributed by atoms with E-state index in [0.717, 1.165) is 10.1 Å². The van der Waals surface area contributed by atoms with Crippen molar-refractivity contribution in [2.45, 2.75) is 26.4 Å². The molecule has 0 amide bonds. The molecule has 8 nitrogen and oxygen atoms in total. The fraction of sp³-hybridized carbons (Fsp3) is 0.304. The van der Waals surface area contributed by atoms with Crippen LogP contribution in [0.15, 0.2) is 52.1 Å². The quantitative estimate of drug-likeness (QED) is 0.465. The topological polar surface area (TPSA) is 92.4 Å². The van der Waals surface area contributed by atoms with Crippen molar-refractivity contribution in [2.75, 3.05) is 14.2 Å². The number of benzene rings is 2. The molecule has 0 aliphatic heterocycles. The van der Waals surface area contributed by atoms with Crippen LogP contribution in [-0.4, -0.2) is 34.3 Å². The lowest BCUT2D eigenvalue weighted by Gasteiger charge is -2.16. The third kappa shape index (κ3) is 5.67. The number of aromatic nitrogens is 3. The third-order valence-corrected chi connectivity index (χ3v) is 5.37. The highest BCUT2D eigenvalue weighted by Gasteiger charge is 2.20. The van der Waals surface area contributed by atoms with E-state index in [4.69, 9.17) is 21.1 Å². The van der Waals surface area contributed by atoms with Crippen molar-refractivity contribution < 1.29 is 18.7 Å². The summed E-state index contributed by atoms with van der Waals surface area (Å²) in [7, 11) is 2.59. The van der Waals surface area contributed by atoms with E-state index in [-0.39, 0.29) is 31.1 Å². The Morgan fingerprint density at radius 3 is 2.36 bits per heavy atom. The second-order valence-electron chi connectivity index (χ2n) is 7.49. The van der Waals surface area contributed by atoms with Crippen LogP contribution in [0, 0.1) is 11.7 Å². The van der Waals surface area contributed by atoms with Crippen molar-refractivity contribution in [3.8, 4) is 5.75 Å². The van der Waals surface area contributed by atoms with Gasteiger partial charge in [0.25, 0.3) is 0 Å². The Morgan fingerprint density at radius 2 is 1.76 bits per heavy atom. The van der Waals surface area contributed by atoms with Crippen molar-refractivity contribution in [1.29, 1.82) is 0 Å². The highest BCUT2D eigenvalue weighted by atomic mass is 35.5. The number of halogens is 2.